The molecule has 9 rings (SSSR count). The number of hydrogen-bond acceptors (Lipinski definition) is 21. The van der Waals surface area contributed by atoms with Gasteiger partial charge in [0.15, 0.2) is 37.5 Å². The van der Waals surface area contributed by atoms with Crippen LogP contribution in [0.25, 0.3) is 33.5 Å². The number of aliphatic hydroxyl groups excluding tert-OH is 6. The van der Waals surface area contributed by atoms with Crippen LogP contribution >= 0.6 is 23.5 Å². The summed E-state index contributed by atoms with van der Waals surface area (Å²) >= 11 is 0. The van der Waals surface area contributed by atoms with Crippen molar-refractivity contribution in [3.8, 4) is 0 Å². The van der Waals surface area contributed by atoms with Crippen molar-refractivity contribution in [1.29, 1.82) is 0 Å². The van der Waals surface area contributed by atoms with Crippen LogP contribution in [0.1, 0.15) is 18.7 Å². The molecule has 0 bridgehead atoms. The molecule has 14 atom stereocenters. The number of imidazole rings is 3. The number of fused-ring (bicyclic) bond motifs is 3. The molecule has 0 aromatic carbocycles. The number of phosphoric acid groups is 1. The molecule has 382 valence electrons. The monoisotopic (exact) mass is 1100 g/mol. The van der Waals surface area contributed by atoms with Gasteiger partial charge in [0.25, 0.3) is 18.0 Å². The zero-order chi connectivity index (χ0) is 50.3. The number of rotatable bonds is 12. The zero-order valence-corrected chi connectivity index (χ0v) is 39.1. The van der Waals surface area contributed by atoms with Crippen LogP contribution in [0.3, 0.4) is 0 Å². The van der Waals surface area contributed by atoms with Crippen LogP contribution in [0.15, 0.2) is 52.3 Å². The van der Waals surface area contributed by atoms with Crippen LogP contribution in [0.5, 0.6) is 0 Å². The van der Waals surface area contributed by atoms with Crippen LogP contribution in [0.2, 0.25) is 0 Å². The molecule has 18 N–H and O–H groups in total. The van der Waals surface area contributed by atoms with Crippen molar-refractivity contribution >= 4 is 57.0 Å². The average molecular weight is 1100 g/mol. The Morgan fingerprint density at radius 1 is 0.586 bits per heavy atom. The third-order valence-corrected chi connectivity index (χ3v) is 11.9. The predicted octanol–water partition coefficient (Wildman–Crippen LogP) is -12.0. The van der Waals surface area contributed by atoms with E-state index < -0.39 is 134 Å². The van der Waals surface area contributed by atoms with E-state index in [1.54, 1.807) is 0 Å². The molecule has 0 amide bonds. The van der Waals surface area contributed by atoms with Gasteiger partial charge in [-0.2, -0.15) is 29.1 Å². The number of hydrogen-bond donors (Lipinski definition) is 14. The molecule has 3 fully saturated rings. The first-order valence-electron chi connectivity index (χ1n) is 19.4. The van der Waals surface area contributed by atoms with E-state index in [0.29, 0.717) is 11.3 Å². The van der Waals surface area contributed by atoms with Crippen LogP contribution in [0.4, 0.5) is 0 Å². The number of aromatic nitrogens is 12. The molecule has 3 saturated heterocycles. The van der Waals surface area contributed by atoms with Gasteiger partial charge in [0, 0.05) is 21.7 Å². The first kappa shape index (κ1) is 55.1. The van der Waals surface area contributed by atoms with Gasteiger partial charge in [-0.25, -0.2) is 14.2 Å². The Morgan fingerprint density at radius 3 is 1.34 bits per heavy atom. The number of aliphatic hydroxyl groups is 6. The number of aromatic amines is 8. The standard InChI is InChI=1S/3C10H13N4O8P.Ti/c3*15-6-4(1-21-23(18,19)20)22-10(7(6)16)14-3-13-5-8(14)11-2-12-9(5)17;/h3*2-4,6-7,10,15-16H,1H2,(H3,11,12,17,18,19,20);/p+3. The fraction of sp³-hybridized carbons (Fsp3) is 0.500. The molecular weight excluding hydrogens is 1050 g/mol. The second-order valence-electron chi connectivity index (χ2n) is 14.9. The quantitative estimate of drug-likeness (QED) is 0.0234. The Bertz CT molecular complexity index is 2770. The SMILES string of the molecule is O=c1[nH]c[nH+]c2c1[nH]c[n+]2C1OC(COP([O-])(O)=[OH+])C(O)C1O.O=c1[nH]c[nH+]c2c1[nH]c[n+]2C1OC(COP([O-])(O)=[OH+])C(O)C1O.O=c1[nH]cnc2c1[nH]c[n+]2C1OC(COP(=O)([O-])[O-])C(O)C1O.[Ti]. The van der Waals surface area contributed by atoms with E-state index in [0.717, 1.165) is 6.33 Å². The van der Waals surface area contributed by atoms with Crippen molar-refractivity contribution in [3.63, 3.8) is 0 Å². The summed E-state index contributed by atoms with van der Waals surface area (Å²) in [7, 11) is -14.7. The maximum absolute atomic E-state index is 11.7. The van der Waals surface area contributed by atoms with Gasteiger partial charge in [0.2, 0.25) is 22.8 Å². The van der Waals surface area contributed by atoms with E-state index in [1.165, 1.54) is 45.3 Å². The summed E-state index contributed by atoms with van der Waals surface area (Å²) < 4.78 is 60.7. The molecule has 0 aliphatic carbocycles. The molecule has 40 heteroatoms. The molecular formula is C30H42N12O24P3Ti+3. The van der Waals surface area contributed by atoms with E-state index in [4.69, 9.17) is 33.1 Å². The summed E-state index contributed by atoms with van der Waals surface area (Å²) in [5, 5.41) is 60.0. The number of nitrogens with zero attached hydrogens (tertiary/aromatic N) is 4. The van der Waals surface area contributed by atoms with E-state index in [9.17, 15) is 69.2 Å². The molecule has 14 unspecified atom stereocenters. The predicted molar refractivity (Wildman–Crippen MR) is 204 cm³/mol. The fourth-order valence-electron chi connectivity index (χ4n) is 7.22. The molecule has 6 aromatic rings. The molecule has 9 heterocycles. The number of H-pyrrole nitrogens is 8. The topological polar surface area (TPSA) is 568 Å². The minimum atomic E-state index is -5.23. The van der Waals surface area contributed by atoms with Crippen molar-refractivity contribution in [2.24, 2.45) is 0 Å². The maximum Gasteiger partial charge on any atom is 0.451 e. The largest absolute Gasteiger partial charge is 0.790 e. The molecule has 70 heavy (non-hydrogen) atoms. The second kappa shape index (κ2) is 21.8. The van der Waals surface area contributed by atoms with E-state index in [2.05, 4.69) is 58.4 Å². The van der Waals surface area contributed by atoms with Gasteiger partial charge < -0.3 is 83.5 Å². The van der Waals surface area contributed by atoms with Crippen LogP contribution in [-0.4, -0.2) is 159 Å². The van der Waals surface area contributed by atoms with Gasteiger partial charge in [-0.1, -0.05) is 4.98 Å². The van der Waals surface area contributed by atoms with Crippen molar-refractivity contribution in [2.45, 2.75) is 73.6 Å². The van der Waals surface area contributed by atoms with Gasteiger partial charge in [0.1, 0.15) is 42.7 Å². The first-order valence-corrected chi connectivity index (χ1v) is 24.0. The maximum atomic E-state index is 11.7. The first-order chi connectivity index (χ1) is 32.3. The Balaban J connectivity index is 0.000000171. The number of ether oxygens (including phenoxy) is 3. The molecule has 0 radical (unpaired) electrons. The van der Waals surface area contributed by atoms with Gasteiger partial charge in [0.05, 0.1) is 27.6 Å². The van der Waals surface area contributed by atoms with Gasteiger partial charge in [-0.05, 0) is 0 Å². The van der Waals surface area contributed by atoms with Crippen molar-refractivity contribution in [3.05, 3.63) is 69.0 Å². The average Bonchev–Trinajstić information content (AvgIpc) is 4.14. The molecule has 0 saturated carbocycles. The zero-order valence-electron chi connectivity index (χ0n) is 34.8. The van der Waals surface area contributed by atoms with Gasteiger partial charge in [-0.15, -0.1) is 0 Å². The summed E-state index contributed by atoms with van der Waals surface area (Å²) in [5.41, 5.74) is 0.0636. The van der Waals surface area contributed by atoms with Gasteiger partial charge >= 0.3 is 56.4 Å². The Hall–Kier alpha value is -4.27. The third-order valence-electron chi connectivity index (χ3n) is 10.4. The molecule has 3 aliphatic heterocycles. The molecule has 3 aliphatic rings. The van der Waals surface area contributed by atoms with Crippen LogP contribution in [-0.2, 0) is 54.1 Å². The van der Waals surface area contributed by atoms with Crippen LogP contribution in [0, 0.1) is 0 Å². The summed E-state index contributed by atoms with van der Waals surface area (Å²) in [5.74, 6) is 0. The second-order valence-corrected chi connectivity index (χ2v) is 18.5. The summed E-state index contributed by atoms with van der Waals surface area (Å²) in [6, 6.07) is 0. The smallest absolute Gasteiger partial charge is 0.451 e. The summed E-state index contributed by atoms with van der Waals surface area (Å²) in [6.45, 7) is -1.95. The third kappa shape index (κ3) is 12.3. The summed E-state index contributed by atoms with van der Waals surface area (Å²) in [4.78, 5) is 119. The van der Waals surface area contributed by atoms with E-state index in [-0.39, 0.29) is 43.9 Å². The minimum absolute atomic E-state index is 0. The van der Waals surface area contributed by atoms with E-state index in [1.807, 2.05) is 0 Å². The van der Waals surface area contributed by atoms with Crippen LogP contribution < -0.4 is 59.9 Å². The normalized spacial score (nSPS) is 29.5. The molecule has 6 aromatic heterocycles. The Kier molecular flexibility index (Phi) is 17.2. The van der Waals surface area contributed by atoms with Crippen molar-refractivity contribution in [1.82, 2.24) is 34.9 Å². The van der Waals surface area contributed by atoms with Crippen molar-refractivity contribution in [2.75, 3.05) is 19.8 Å². The fourth-order valence-corrected chi connectivity index (χ4v) is 8.23. The van der Waals surface area contributed by atoms with Gasteiger partial charge in [-0.3, -0.25) is 42.7 Å². The van der Waals surface area contributed by atoms with Crippen molar-refractivity contribution < 1.29 is 147 Å². The summed E-state index contributed by atoms with van der Waals surface area (Å²) in [6.07, 6.45) is -7.67. The molecule has 36 nitrogen and oxygen atoms in total. The number of phosphoric ester groups is 1. The minimum Gasteiger partial charge on any atom is -0.790 e. The Labute approximate surface area is 400 Å². The number of nitrogens with one attached hydrogen (secondary N) is 8. The van der Waals surface area contributed by atoms with E-state index >= 15 is 0 Å². The molecule has 0 spiro atoms. The Morgan fingerprint density at radius 2 is 0.943 bits per heavy atom.